The number of amides is 1. The van der Waals surface area contributed by atoms with Gasteiger partial charge in [-0.25, -0.2) is 14.4 Å². The molecule has 0 unspecified atom stereocenters. The summed E-state index contributed by atoms with van der Waals surface area (Å²) in [5.74, 6) is 0.508. The number of hydrogen-bond donors (Lipinski definition) is 3. The Labute approximate surface area is 181 Å². The SMILES string of the molecule is O=C1NC=CNC=C1Nc1nc2cccc(C3CC3)c2c2nc(-c3cccc(F)c3)nn12. The number of halogens is 1. The van der Waals surface area contributed by atoms with E-state index in [1.807, 2.05) is 12.1 Å². The van der Waals surface area contributed by atoms with Crippen molar-refractivity contribution in [1.82, 2.24) is 30.2 Å². The van der Waals surface area contributed by atoms with E-state index in [1.54, 1.807) is 29.0 Å². The largest absolute Gasteiger partial charge is 0.364 e. The monoisotopic (exact) mass is 427 g/mol. The van der Waals surface area contributed by atoms with Crippen LogP contribution in [0.3, 0.4) is 0 Å². The van der Waals surface area contributed by atoms with Gasteiger partial charge in [-0.2, -0.15) is 4.52 Å². The van der Waals surface area contributed by atoms with Gasteiger partial charge in [-0.3, -0.25) is 4.79 Å². The third-order valence-electron chi connectivity index (χ3n) is 5.55. The maximum Gasteiger partial charge on any atom is 0.273 e. The van der Waals surface area contributed by atoms with Gasteiger partial charge in [-0.15, -0.1) is 5.10 Å². The summed E-state index contributed by atoms with van der Waals surface area (Å²) < 4.78 is 15.4. The van der Waals surface area contributed by atoms with Crippen LogP contribution in [-0.4, -0.2) is 25.5 Å². The number of anilines is 1. The minimum atomic E-state index is -0.361. The van der Waals surface area contributed by atoms with E-state index in [4.69, 9.17) is 9.97 Å². The topological polar surface area (TPSA) is 96.2 Å². The molecule has 6 rings (SSSR count). The lowest BCUT2D eigenvalue weighted by molar-refractivity contribution is -0.116. The lowest BCUT2D eigenvalue weighted by atomic mass is 10.1. The molecule has 0 bridgehead atoms. The normalized spacial score (nSPS) is 15.9. The van der Waals surface area contributed by atoms with Crippen LogP contribution in [0.25, 0.3) is 27.9 Å². The van der Waals surface area contributed by atoms with E-state index in [1.165, 1.54) is 23.9 Å². The van der Waals surface area contributed by atoms with Crippen molar-refractivity contribution in [2.75, 3.05) is 5.32 Å². The summed E-state index contributed by atoms with van der Waals surface area (Å²) in [4.78, 5) is 21.9. The van der Waals surface area contributed by atoms with Crippen LogP contribution in [0.15, 0.2) is 66.8 Å². The van der Waals surface area contributed by atoms with Crippen LogP contribution in [0.5, 0.6) is 0 Å². The predicted octanol–water partition coefficient (Wildman–Crippen LogP) is 3.40. The maximum absolute atomic E-state index is 13.9. The molecule has 2 aliphatic rings. The Balaban J connectivity index is 1.58. The van der Waals surface area contributed by atoms with E-state index < -0.39 is 0 Å². The molecule has 1 saturated carbocycles. The van der Waals surface area contributed by atoms with Crippen LogP contribution >= 0.6 is 0 Å². The van der Waals surface area contributed by atoms with Crippen molar-refractivity contribution in [3.8, 4) is 11.4 Å². The van der Waals surface area contributed by atoms with Crippen molar-refractivity contribution >= 4 is 28.4 Å². The van der Waals surface area contributed by atoms with Crippen LogP contribution in [0.2, 0.25) is 0 Å². The van der Waals surface area contributed by atoms with Crippen molar-refractivity contribution < 1.29 is 9.18 Å². The number of carbonyl (C=O) groups excluding carboxylic acids is 1. The van der Waals surface area contributed by atoms with Crippen molar-refractivity contribution in [3.63, 3.8) is 0 Å². The van der Waals surface area contributed by atoms with Gasteiger partial charge in [0, 0.05) is 29.5 Å². The van der Waals surface area contributed by atoms with Gasteiger partial charge in [0.15, 0.2) is 11.5 Å². The highest BCUT2D eigenvalue weighted by Crippen LogP contribution is 2.44. The molecule has 9 heteroatoms. The lowest BCUT2D eigenvalue weighted by Crippen LogP contribution is -2.24. The Morgan fingerprint density at radius 2 is 1.97 bits per heavy atom. The summed E-state index contributed by atoms with van der Waals surface area (Å²) >= 11 is 0. The third kappa shape index (κ3) is 3.15. The average Bonchev–Trinajstić information content (AvgIpc) is 3.57. The van der Waals surface area contributed by atoms with E-state index in [-0.39, 0.29) is 17.4 Å². The molecule has 0 spiro atoms. The molecule has 32 heavy (non-hydrogen) atoms. The number of aromatic nitrogens is 4. The van der Waals surface area contributed by atoms with E-state index in [0.717, 1.165) is 23.7 Å². The molecule has 0 radical (unpaired) electrons. The zero-order chi connectivity index (χ0) is 21.7. The van der Waals surface area contributed by atoms with Gasteiger partial charge in [0.25, 0.3) is 5.91 Å². The van der Waals surface area contributed by atoms with Crippen LogP contribution in [0.4, 0.5) is 10.3 Å². The summed E-state index contributed by atoms with van der Waals surface area (Å²) in [6.45, 7) is 0. The van der Waals surface area contributed by atoms with Crippen molar-refractivity contribution in [2.45, 2.75) is 18.8 Å². The van der Waals surface area contributed by atoms with E-state index in [9.17, 15) is 9.18 Å². The molecule has 3 N–H and O–H groups in total. The first-order chi connectivity index (χ1) is 15.7. The highest BCUT2D eigenvalue weighted by molar-refractivity contribution is 5.99. The Kier molecular flexibility index (Phi) is 4.14. The first-order valence-corrected chi connectivity index (χ1v) is 10.3. The Morgan fingerprint density at radius 1 is 1.09 bits per heavy atom. The summed E-state index contributed by atoms with van der Waals surface area (Å²) in [7, 11) is 0. The quantitative estimate of drug-likeness (QED) is 0.462. The molecule has 8 nitrogen and oxygen atoms in total. The Morgan fingerprint density at radius 3 is 2.81 bits per heavy atom. The Hall–Kier alpha value is -4.27. The second-order valence-electron chi connectivity index (χ2n) is 7.79. The molecule has 2 aromatic carbocycles. The number of carbonyl (C=O) groups is 1. The third-order valence-corrected chi connectivity index (χ3v) is 5.55. The number of fused-ring (bicyclic) bond motifs is 3. The van der Waals surface area contributed by atoms with Gasteiger partial charge in [-0.1, -0.05) is 24.3 Å². The zero-order valence-electron chi connectivity index (χ0n) is 16.8. The summed E-state index contributed by atoms with van der Waals surface area (Å²) in [5, 5.41) is 14.2. The summed E-state index contributed by atoms with van der Waals surface area (Å²) in [6.07, 6.45) is 6.91. The molecular formula is C23H18FN7O. The van der Waals surface area contributed by atoms with Crippen molar-refractivity contribution in [1.29, 1.82) is 0 Å². The number of rotatable bonds is 4. The van der Waals surface area contributed by atoms with Gasteiger partial charge >= 0.3 is 0 Å². The van der Waals surface area contributed by atoms with Gasteiger partial charge in [0.2, 0.25) is 5.95 Å². The first kappa shape index (κ1) is 18.5. The maximum atomic E-state index is 13.9. The number of nitrogens with one attached hydrogen (secondary N) is 3. The van der Waals surface area contributed by atoms with E-state index in [0.29, 0.717) is 28.9 Å². The van der Waals surface area contributed by atoms with Crippen LogP contribution in [-0.2, 0) is 4.79 Å². The molecular weight excluding hydrogens is 409 g/mol. The van der Waals surface area contributed by atoms with E-state index in [2.05, 4.69) is 27.1 Å². The summed E-state index contributed by atoms with van der Waals surface area (Å²) in [5.41, 5.74) is 3.38. The number of nitrogens with zero attached hydrogens (tertiary/aromatic N) is 4. The lowest BCUT2D eigenvalue weighted by Gasteiger charge is -2.12. The molecule has 0 atom stereocenters. The number of hydrogen-bond acceptors (Lipinski definition) is 6. The van der Waals surface area contributed by atoms with Gasteiger partial charge in [0.1, 0.15) is 11.5 Å². The molecule has 4 aromatic rings. The smallest absolute Gasteiger partial charge is 0.273 e. The number of benzene rings is 2. The van der Waals surface area contributed by atoms with E-state index >= 15 is 0 Å². The second-order valence-corrected chi connectivity index (χ2v) is 7.79. The fourth-order valence-electron chi connectivity index (χ4n) is 3.90. The van der Waals surface area contributed by atoms with Crippen LogP contribution in [0.1, 0.15) is 24.3 Å². The molecule has 1 fully saturated rings. The van der Waals surface area contributed by atoms with Crippen LogP contribution < -0.4 is 16.0 Å². The molecule has 1 amide bonds. The van der Waals surface area contributed by atoms with Gasteiger partial charge in [0.05, 0.1) is 5.52 Å². The summed E-state index contributed by atoms with van der Waals surface area (Å²) in [6, 6.07) is 12.2. The zero-order valence-corrected chi connectivity index (χ0v) is 16.8. The second kappa shape index (κ2) is 7.16. The van der Waals surface area contributed by atoms with Gasteiger partial charge in [-0.05, 0) is 42.5 Å². The molecule has 1 aliphatic heterocycles. The minimum Gasteiger partial charge on any atom is -0.364 e. The predicted molar refractivity (Wildman–Crippen MR) is 118 cm³/mol. The molecule has 158 valence electrons. The average molecular weight is 427 g/mol. The standard InChI is InChI=1S/C23H18FN7O/c24-15-4-1-3-14(11-15)20-29-21-19-16(13-7-8-13)5-2-6-17(19)27-23(31(21)30-20)28-18-12-25-9-10-26-22(18)32/h1-6,9-13,25H,7-8H2,(H,26,32)(H,27,28). The Bertz CT molecular complexity index is 1450. The van der Waals surface area contributed by atoms with Crippen LogP contribution in [0, 0.1) is 5.82 Å². The molecule has 3 heterocycles. The fourth-order valence-corrected chi connectivity index (χ4v) is 3.90. The molecule has 0 saturated heterocycles. The highest BCUT2D eigenvalue weighted by Gasteiger charge is 2.28. The van der Waals surface area contributed by atoms with Gasteiger partial charge < -0.3 is 16.0 Å². The molecule has 2 aromatic heterocycles. The van der Waals surface area contributed by atoms with Crippen molar-refractivity contribution in [2.24, 2.45) is 0 Å². The highest BCUT2D eigenvalue weighted by atomic mass is 19.1. The fraction of sp³-hybridized carbons (Fsp3) is 0.130. The first-order valence-electron chi connectivity index (χ1n) is 10.3. The molecule has 1 aliphatic carbocycles. The minimum absolute atomic E-state index is 0.268. The van der Waals surface area contributed by atoms with Crippen molar-refractivity contribution in [3.05, 3.63) is 78.1 Å².